The van der Waals surface area contributed by atoms with Gasteiger partial charge >= 0.3 is 0 Å². The SMILES string of the molecule is Fc1c(N2CCCCCCCCCCCCCCCCCCCCCCCCCCCCCCCCCCCCCCCCCCCCCCCCC3(CCCO3)CC2)ccc2cccnc12. The zero-order valence-electron chi connectivity index (χ0n) is 44.5. The topological polar surface area (TPSA) is 25.4 Å². The first kappa shape index (κ1) is 57.9. The molecule has 3 nitrogen and oxygen atoms in total. The number of halogens is 1. The molecular weight excluding hydrogens is 820 g/mol. The minimum absolute atomic E-state index is 0.0363. The minimum Gasteiger partial charge on any atom is -0.375 e. The molecule has 0 saturated carbocycles. The molecule has 0 bridgehead atoms. The van der Waals surface area contributed by atoms with Crippen molar-refractivity contribution in [3.05, 3.63) is 36.3 Å². The summed E-state index contributed by atoms with van der Waals surface area (Å²) in [6, 6.07) is 7.96. The monoisotopic (exact) mass is 931 g/mol. The van der Waals surface area contributed by atoms with Crippen LogP contribution in [0.2, 0.25) is 0 Å². The van der Waals surface area contributed by atoms with Crippen molar-refractivity contribution in [2.24, 2.45) is 0 Å². The lowest BCUT2D eigenvalue weighted by Gasteiger charge is -2.33. The fraction of sp³-hybridized carbons (Fsp3) is 0.857. The van der Waals surface area contributed by atoms with E-state index in [0.717, 1.165) is 62.9 Å². The molecule has 4 rings (SSSR count). The number of hydrogen-bond acceptors (Lipinski definition) is 3. The maximum absolute atomic E-state index is 16.1. The van der Waals surface area contributed by atoms with Gasteiger partial charge in [0.15, 0.2) is 5.82 Å². The Labute approximate surface area is 416 Å². The van der Waals surface area contributed by atoms with Crippen molar-refractivity contribution in [1.82, 2.24) is 4.98 Å². The molecule has 0 aliphatic carbocycles. The summed E-state index contributed by atoms with van der Waals surface area (Å²) in [7, 11) is 0. The molecule has 0 radical (unpaired) electrons. The molecule has 1 aromatic carbocycles. The molecule has 1 spiro atoms. The average Bonchev–Trinajstić information content (AvgIpc) is 3.82. The molecule has 1 atom stereocenters. The normalized spacial score (nSPS) is 24.6. The van der Waals surface area contributed by atoms with Crippen LogP contribution < -0.4 is 4.90 Å². The van der Waals surface area contributed by atoms with E-state index in [1.54, 1.807) is 6.20 Å². The number of hydrogen-bond donors (Lipinski definition) is 0. The van der Waals surface area contributed by atoms with E-state index < -0.39 is 0 Å². The van der Waals surface area contributed by atoms with Crippen LogP contribution in [0.15, 0.2) is 30.5 Å². The highest BCUT2D eigenvalue weighted by molar-refractivity contribution is 5.83. The average molecular weight is 932 g/mol. The van der Waals surface area contributed by atoms with E-state index in [9.17, 15) is 0 Å². The minimum atomic E-state index is -0.153. The number of nitrogens with zero attached hydrogens (tertiary/aromatic N) is 2. The summed E-state index contributed by atoms with van der Waals surface area (Å²) >= 11 is 0. The first-order chi connectivity index (χ1) is 33.3. The van der Waals surface area contributed by atoms with Crippen LogP contribution in [0, 0.1) is 5.82 Å². The summed E-state index contributed by atoms with van der Waals surface area (Å²) in [5, 5.41) is 0.884. The van der Waals surface area contributed by atoms with Gasteiger partial charge in [-0.3, -0.25) is 4.98 Å². The van der Waals surface area contributed by atoms with Gasteiger partial charge in [-0.25, -0.2) is 4.39 Å². The van der Waals surface area contributed by atoms with Gasteiger partial charge in [-0.05, 0) is 44.2 Å². The van der Waals surface area contributed by atoms with Crippen molar-refractivity contribution in [2.75, 3.05) is 24.6 Å². The third kappa shape index (κ3) is 28.7. The predicted octanol–water partition coefficient (Wildman–Crippen LogP) is 21.5. The molecule has 0 amide bonds. The van der Waals surface area contributed by atoms with Crippen LogP contribution in [0.1, 0.15) is 321 Å². The first-order valence-corrected chi connectivity index (χ1v) is 30.7. The van der Waals surface area contributed by atoms with Crippen molar-refractivity contribution < 1.29 is 9.13 Å². The number of anilines is 1. The van der Waals surface area contributed by atoms with E-state index in [1.807, 2.05) is 18.2 Å². The second-order valence-corrected chi connectivity index (χ2v) is 22.4. The molecule has 4 heteroatoms. The van der Waals surface area contributed by atoms with Gasteiger partial charge < -0.3 is 9.64 Å². The Hall–Kier alpha value is -1.68. The highest BCUT2D eigenvalue weighted by atomic mass is 19.1. The summed E-state index contributed by atoms with van der Waals surface area (Å²) in [6.07, 6.45) is 71.9. The van der Waals surface area contributed by atoms with Crippen molar-refractivity contribution in [3.63, 3.8) is 0 Å². The lowest BCUT2D eigenvalue weighted by Crippen LogP contribution is -2.36. The van der Waals surface area contributed by atoms with Crippen LogP contribution in [0.3, 0.4) is 0 Å². The van der Waals surface area contributed by atoms with Crippen LogP contribution in [-0.4, -0.2) is 30.3 Å². The maximum atomic E-state index is 16.1. The number of ether oxygens (including phenoxy) is 1. The summed E-state index contributed by atoms with van der Waals surface area (Å²) in [6.45, 7) is 2.65. The molecule has 2 aliphatic heterocycles. The van der Waals surface area contributed by atoms with Crippen LogP contribution in [0.5, 0.6) is 0 Å². The van der Waals surface area contributed by atoms with Gasteiger partial charge in [-0.1, -0.05) is 301 Å². The molecule has 1 aromatic heterocycles. The zero-order chi connectivity index (χ0) is 46.8. The highest BCUT2D eigenvalue weighted by Gasteiger charge is 2.35. The molecule has 67 heavy (non-hydrogen) atoms. The second kappa shape index (κ2) is 41.0. The molecule has 2 aliphatic rings. The van der Waals surface area contributed by atoms with E-state index in [-0.39, 0.29) is 11.4 Å². The largest absolute Gasteiger partial charge is 0.375 e. The van der Waals surface area contributed by atoms with Crippen molar-refractivity contribution in [1.29, 1.82) is 0 Å². The van der Waals surface area contributed by atoms with Gasteiger partial charge in [0, 0.05) is 31.3 Å². The Kier molecular flexibility index (Phi) is 35.4. The number of fused-ring (bicyclic) bond motifs is 1. The van der Waals surface area contributed by atoms with Crippen LogP contribution in [-0.2, 0) is 4.74 Å². The molecule has 2 aromatic rings. The summed E-state index contributed by atoms with van der Waals surface area (Å²) in [5.41, 5.74) is 1.20. The van der Waals surface area contributed by atoms with Gasteiger partial charge in [0.25, 0.3) is 0 Å². The molecule has 2 fully saturated rings. The van der Waals surface area contributed by atoms with Gasteiger partial charge in [0.05, 0.1) is 11.3 Å². The molecule has 0 N–H and O–H groups in total. The van der Waals surface area contributed by atoms with E-state index >= 15 is 4.39 Å². The Morgan fingerprint density at radius 2 is 0.687 bits per heavy atom. The Bertz CT molecular complexity index is 1390. The van der Waals surface area contributed by atoms with Gasteiger partial charge in [0.2, 0.25) is 0 Å². The smallest absolute Gasteiger partial charge is 0.172 e. The number of rotatable bonds is 1. The maximum Gasteiger partial charge on any atom is 0.172 e. The predicted molar refractivity (Wildman–Crippen MR) is 293 cm³/mol. The van der Waals surface area contributed by atoms with Crippen molar-refractivity contribution >= 4 is 16.6 Å². The summed E-state index contributed by atoms with van der Waals surface area (Å²) in [5.74, 6) is -0.153. The molecule has 386 valence electrons. The van der Waals surface area contributed by atoms with Crippen molar-refractivity contribution in [3.8, 4) is 0 Å². The Morgan fingerprint density at radius 3 is 1.03 bits per heavy atom. The Balaban J connectivity index is 1.12. The third-order valence-electron chi connectivity index (χ3n) is 16.4. The first-order valence-electron chi connectivity index (χ1n) is 30.7. The molecule has 3 heterocycles. The molecular formula is C63H111FN2O. The van der Waals surface area contributed by atoms with Crippen LogP contribution >= 0.6 is 0 Å². The van der Waals surface area contributed by atoms with E-state index in [0.29, 0.717) is 5.52 Å². The second-order valence-electron chi connectivity index (χ2n) is 22.4. The number of aromatic nitrogens is 1. The fourth-order valence-electron chi connectivity index (χ4n) is 11.8. The summed E-state index contributed by atoms with van der Waals surface area (Å²) in [4.78, 5) is 6.81. The lowest BCUT2D eigenvalue weighted by molar-refractivity contribution is -0.00995. The summed E-state index contributed by atoms with van der Waals surface area (Å²) < 4.78 is 22.7. The number of pyridine rings is 1. The Morgan fingerprint density at radius 1 is 0.358 bits per heavy atom. The lowest BCUT2D eigenvalue weighted by atomic mass is 9.89. The standard InChI is InChI=1S/C63H111FN2O/c64-61-60(51-50-59-49-47-55-65-62(59)61)66-56-46-44-42-40-38-36-34-32-30-28-26-24-22-20-18-16-14-12-10-8-6-4-2-1-3-5-7-9-11-13-15-17-19-21-23-25-27-29-31-33-35-37-39-41-43-45-52-63(54-57-66)53-48-58-67-63/h47,49-51,55H,1-46,48,52-54,56-58H2. The van der Waals surface area contributed by atoms with E-state index in [1.165, 1.54) is 289 Å². The van der Waals surface area contributed by atoms with Gasteiger partial charge in [0.1, 0.15) is 5.52 Å². The quantitative estimate of drug-likeness (QED) is 0.285. The highest BCUT2D eigenvalue weighted by Crippen LogP contribution is 2.36. The molecule has 1 unspecified atom stereocenters. The van der Waals surface area contributed by atoms with Crippen LogP contribution in [0.4, 0.5) is 10.1 Å². The zero-order valence-corrected chi connectivity index (χ0v) is 44.5. The van der Waals surface area contributed by atoms with Crippen LogP contribution in [0.25, 0.3) is 10.9 Å². The van der Waals surface area contributed by atoms with E-state index in [2.05, 4.69) is 16.0 Å². The van der Waals surface area contributed by atoms with Gasteiger partial charge in [-0.15, -0.1) is 0 Å². The molecule has 2 saturated heterocycles. The number of benzene rings is 1. The third-order valence-corrected chi connectivity index (χ3v) is 16.4. The fourth-order valence-corrected chi connectivity index (χ4v) is 11.8. The van der Waals surface area contributed by atoms with Crippen molar-refractivity contribution in [2.45, 2.75) is 327 Å². The van der Waals surface area contributed by atoms with E-state index in [4.69, 9.17) is 4.74 Å². The van der Waals surface area contributed by atoms with Gasteiger partial charge in [-0.2, -0.15) is 0 Å².